The molecule has 0 saturated carbocycles. The molecule has 2 aromatic rings. The fourth-order valence-corrected chi connectivity index (χ4v) is 5.11. The summed E-state index contributed by atoms with van der Waals surface area (Å²) in [4.78, 5) is 14.8. The van der Waals surface area contributed by atoms with E-state index >= 15 is 0 Å². The van der Waals surface area contributed by atoms with Crippen molar-refractivity contribution in [3.8, 4) is 0 Å². The molecule has 0 radical (unpaired) electrons. The minimum absolute atomic E-state index is 0. The molecule has 148 valence electrons. The summed E-state index contributed by atoms with van der Waals surface area (Å²) >= 11 is 0. The highest BCUT2D eigenvalue weighted by atomic mass is 35.5. The molecule has 1 aromatic carbocycles. The number of piperazine rings is 1. The SMILES string of the molecule is CCc1ccc([N+](=O)[O-])cc1S(=O)(=O)N1CCNCC1c1nccn1C.Cl. The molecule has 0 amide bonds. The molecular weight excluding hydrogens is 394 g/mol. The van der Waals surface area contributed by atoms with E-state index in [1.54, 1.807) is 17.0 Å². The number of non-ortho nitro benzene ring substituents is 1. The Morgan fingerprint density at radius 3 is 2.74 bits per heavy atom. The minimum atomic E-state index is -3.92. The summed E-state index contributed by atoms with van der Waals surface area (Å²) in [5.41, 5.74) is 0.331. The van der Waals surface area contributed by atoms with Gasteiger partial charge in [0.25, 0.3) is 5.69 Å². The van der Waals surface area contributed by atoms with Crippen LogP contribution < -0.4 is 5.32 Å². The predicted octanol–water partition coefficient (Wildman–Crippen LogP) is 1.65. The zero-order chi connectivity index (χ0) is 18.9. The van der Waals surface area contributed by atoms with Crippen molar-refractivity contribution >= 4 is 28.1 Å². The number of hydrogen-bond acceptors (Lipinski definition) is 6. The van der Waals surface area contributed by atoms with Gasteiger partial charge in [-0.15, -0.1) is 12.4 Å². The summed E-state index contributed by atoms with van der Waals surface area (Å²) in [7, 11) is -2.11. The third-order valence-electron chi connectivity index (χ3n) is 4.58. The van der Waals surface area contributed by atoms with Gasteiger partial charge in [-0.25, -0.2) is 13.4 Å². The lowest BCUT2D eigenvalue weighted by atomic mass is 10.1. The zero-order valence-corrected chi connectivity index (χ0v) is 16.7. The van der Waals surface area contributed by atoms with Crippen molar-refractivity contribution in [3.05, 3.63) is 52.1 Å². The number of aryl methyl sites for hydroxylation is 2. The van der Waals surface area contributed by atoms with Gasteiger partial charge in [0.15, 0.2) is 0 Å². The van der Waals surface area contributed by atoms with Crippen molar-refractivity contribution in [2.75, 3.05) is 19.6 Å². The summed E-state index contributed by atoms with van der Waals surface area (Å²) in [6, 6.07) is 3.54. The first-order valence-corrected chi connectivity index (χ1v) is 9.77. The monoisotopic (exact) mass is 415 g/mol. The maximum atomic E-state index is 13.4. The van der Waals surface area contributed by atoms with Crippen LogP contribution >= 0.6 is 12.4 Å². The van der Waals surface area contributed by atoms with Gasteiger partial charge in [0.1, 0.15) is 5.82 Å². The maximum absolute atomic E-state index is 13.4. The van der Waals surface area contributed by atoms with Crippen LogP contribution in [0.3, 0.4) is 0 Å². The van der Waals surface area contributed by atoms with Gasteiger partial charge in [0.2, 0.25) is 10.0 Å². The molecule has 9 nitrogen and oxygen atoms in total. The van der Waals surface area contributed by atoms with Crippen LogP contribution in [0.4, 0.5) is 5.69 Å². The smallest absolute Gasteiger partial charge is 0.270 e. The average molecular weight is 416 g/mol. The van der Waals surface area contributed by atoms with E-state index in [4.69, 9.17) is 0 Å². The zero-order valence-electron chi connectivity index (χ0n) is 15.0. The Kier molecular flexibility index (Phi) is 6.58. The first-order chi connectivity index (χ1) is 12.4. The second kappa shape index (κ2) is 8.34. The van der Waals surface area contributed by atoms with Crippen molar-refractivity contribution < 1.29 is 13.3 Å². The Morgan fingerprint density at radius 1 is 1.41 bits per heavy atom. The lowest BCUT2D eigenvalue weighted by molar-refractivity contribution is -0.385. The van der Waals surface area contributed by atoms with E-state index in [0.717, 1.165) is 6.07 Å². The van der Waals surface area contributed by atoms with Crippen molar-refractivity contribution in [1.29, 1.82) is 0 Å². The summed E-state index contributed by atoms with van der Waals surface area (Å²) in [5, 5.41) is 14.3. The van der Waals surface area contributed by atoms with Crippen LogP contribution in [0.15, 0.2) is 35.5 Å². The van der Waals surface area contributed by atoms with Gasteiger partial charge >= 0.3 is 0 Å². The topological polar surface area (TPSA) is 110 Å². The van der Waals surface area contributed by atoms with Gasteiger partial charge in [0, 0.05) is 51.2 Å². The van der Waals surface area contributed by atoms with E-state index < -0.39 is 21.0 Å². The third-order valence-corrected chi connectivity index (χ3v) is 6.57. The average Bonchev–Trinajstić information content (AvgIpc) is 3.06. The highest BCUT2D eigenvalue weighted by molar-refractivity contribution is 7.89. The minimum Gasteiger partial charge on any atom is -0.337 e. The Labute approximate surface area is 164 Å². The number of aromatic nitrogens is 2. The van der Waals surface area contributed by atoms with Crippen LogP contribution in [0.2, 0.25) is 0 Å². The van der Waals surface area contributed by atoms with E-state index in [1.807, 2.05) is 14.0 Å². The van der Waals surface area contributed by atoms with Gasteiger partial charge in [-0.3, -0.25) is 10.1 Å². The normalized spacial score (nSPS) is 18.1. The molecule has 1 aromatic heterocycles. The second-order valence-corrected chi connectivity index (χ2v) is 7.99. The fraction of sp³-hybridized carbons (Fsp3) is 0.438. The number of rotatable bonds is 5. The predicted molar refractivity (Wildman–Crippen MR) is 102 cm³/mol. The molecule has 0 spiro atoms. The molecule has 3 rings (SSSR count). The van der Waals surface area contributed by atoms with E-state index in [-0.39, 0.29) is 29.5 Å². The standard InChI is InChI=1S/C16H21N5O4S.ClH/c1-3-12-4-5-13(21(22)23)10-15(12)26(24,25)20-9-6-17-11-14(20)16-18-7-8-19(16)2;/h4-5,7-8,10,14,17H,3,6,9,11H2,1-2H3;1H. The Bertz CT molecular complexity index is 931. The van der Waals surface area contributed by atoms with Crippen LogP contribution in [0.25, 0.3) is 0 Å². The quantitative estimate of drug-likeness (QED) is 0.587. The Morgan fingerprint density at radius 2 is 2.15 bits per heavy atom. The number of nitrogens with zero attached hydrogens (tertiary/aromatic N) is 4. The van der Waals surface area contributed by atoms with Crippen LogP contribution in [0, 0.1) is 10.1 Å². The summed E-state index contributed by atoms with van der Waals surface area (Å²) in [6.45, 7) is 3.04. The number of imidazole rings is 1. The molecule has 1 atom stereocenters. The fourth-order valence-electron chi connectivity index (χ4n) is 3.21. The lowest BCUT2D eigenvalue weighted by Gasteiger charge is -2.35. The number of sulfonamides is 1. The Hall–Kier alpha value is -2.01. The largest absolute Gasteiger partial charge is 0.337 e. The van der Waals surface area contributed by atoms with E-state index in [2.05, 4.69) is 10.3 Å². The number of hydrogen-bond donors (Lipinski definition) is 1. The lowest BCUT2D eigenvalue weighted by Crippen LogP contribution is -2.49. The number of nitro groups is 1. The van der Waals surface area contributed by atoms with Crippen LogP contribution in [-0.4, -0.2) is 46.8 Å². The van der Waals surface area contributed by atoms with Crippen molar-refractivity contribution in [2.45, 2.75) is 24.3 Å². The highest BCUT2D eigenvalue weighted by Crippen LogP contribution is 2.31. The summed E-state index contributed by atoms with van der Waals surface area (Å²) in [5.74, 6) is 0.629. The van der Waals surface area contributed by atoms with Crippen molar-refractivity contribution in [1.82, 2.24) is 19.2 Å². The molecule has 1 unspecified atom stereocenters. The first kappa shape index (κ1) is 21.3. The summed E-state index contributed by atoms with van der Waals surface area (Å²) in [6.07, 6.45) is 3.85. The third kappa shape index (κ3) is 3.98. The van der Waals surface area contributed by atoms with Crippen LogP contribution in [-0.2, 0) is 23.5 Å². The van der Waals surface area contributed by atoms with Gasteiger partial charge in [0.05, 0.1) is 15.9 Å². The Balaban J connectivity index is 0.00000261. The molecule has 27 heavy (non-hydrogen) atoms. The number of nitro benzene ring substituents is 1. The van der Waals surface area contributed by atoms with Gasteiger partial charge < -0.3 is 9.88 Å². The van der Waals surface area contributed by atoms with E-state index in [9.17, 15) is 18.5 Å². The van der Waals surface area contributed by atoms with Crippen LogP contribution in [0.1, 0.15) is 24.4 Å². The maximum Gasteiger partial charge on any atom is 0.270 e. The van der Waals surface area contributed by atoms with Gasteiger partial charge in [-0.05, 0) is 12.0 Å². The molecule has 1 saturated heterocycles. The molecule has 0 bridgehead atoms. The molecule has 11 heteroatoms. The molecule has 2 heterocycles. The molecule has 1 fully saturated rings. The first-order valence-electron chi connectivity index (χ1n) is 8.33. The summed E-state index contributed by atoms with van der Waals surface area (Å²) < 4.78 is 30.0. The van der Waals surface area contributed by atoms with Crippen molar-refractivity contribution in [3.63, 3.8) is 0 Å². The molecule has 0 aliphatic carbocycles. The number of benzene rings is 1. The molecule has 1 N–H and O–H groups in total. The number of halogens is 1. The second-order valence-electron chi connectivity index (χ2n) is 6.13. The molecule has 1 aliphatic rings. The molecular formula is C16H22ClN5O4S. The molecule has 1 aliphatic heterocycles. The van der Waals surface area contributed by atoms with E-state index in [0.29, 0.717) is 30.9 Å². The van der Waals surface area contributed by atoms with Gasteiger partial charge in [-0.2, -0.15) is 4.31 Å². The van der Waals surface area contributed by atoms with Gasteiger partial charge in [-0.1, -0.05) is 13.0 Å². The van der Waals surface area contributed by atoms with Crippen molar-refractivity contribution in [2.24, 2.45) is 7.05 Å². The van der Waals surface area contributed by atoms with Crippen LogP contribution in [0.5, 0.6) is 0 Å². The number of nitrogens with one attached hydrogen (secondary N) is 1. The highest BCUT2D eigenvalue weighted by Gasteiger charge is 2.37. The van der Waals surface area contributed by atoms with E-state index in [1.165, 1.54) is 16.4 Å².